The summed E-state index contributed by atoms with van der Waals surface area (Å²) in [5, 5.41) is 33.4. The molecule has 0 saturated heterocycles. The van der Waals surface area contributed by atoms with E-state index in [4.69, 9.17) is 0 Å². The second-order valence-electron chi connectivity index (χ2n) is 20.6. The second-order valence-corrected chi connectivity index (χ2v) is 20.6. The standard InChI is InChI=1S/C60H117NO4/c1-3-5-7-9-11-13-15-17-19-21-22-23-24-25-26-27-28-29-30-31-32-33-34-35-36-38-39-41-43-45-47-49-51-53-57(63)55-60(65)61-58(56-62)59(64)54-52-50-48-46-44-42-40-37-20-18-16-14-12-10-8-6-4-2/h44,46,52,54,57-59,62-64H,3-43,45,47-51,53,55-56H2,1-2H3,(H,61,65)/b46-44+,54-52+. The predicted molar refractivity (Wildman–Crippen MR) is 287 cm³/mol. The number of aliphatic hydroxyl groups excluding tert-OH is 3. The summed E-state index contributed by atoms with van der Waals surface area (Å²) in [6.45, 7) is 4.24. The van der Waals surface area contributed by atoms with E-state index < -0.39 is 18.2 Å². The van der Waals surface area contributed by atoms with Crippen LogP contribution in [0, 0.1) is 0 Å². The molecule has 5 heteroatoms. The molecule has 1 amide bonds. The lowest BCUT2D eigenvalue weighted by molar-refractivity contribution is -0.124. The van der Waals surface area contributed by atoms with E-state index in [9.17, 15) is 20.1 Å². The second kappa shape index (κ2) is 55.4. The van der Waals surface area contributed by atoms with Gasteiger partial charge in [-0.25, -0.2) is 0 Å². The molecule has 0 aromatic rings. The van der Waals surface area contributed by atoms with Crippen molar-refractivity contribution in [3.8, 4) is 0 Å². The number of hydrogen-bond donors (Lipinski definition) is 4. The average molecular weight is 917 g/mol. The Bertz CT molecular complexity index is 967. The van der Waals surface area contributed by atoms with Gasteiger partial charge >= 0.3 is 0 Å². The van der Waals surface area contributed by atoms with Crippen molar-refractivity contribution >= 4 is 5.91 Å². The molecule has 3 atom stereocenters. The highest BCUT2D eigenvalue weighted by atomic mass is 16.3. The van der Waals surface area contributed by atoms with E-state index in [-0.39, 0.29) is 18.9 Å². The van der Waals surface area contributed by atoms with Crippen molar-refractivity contribution in [3.63, 3.8) is 0 Å². The van der Waals surface area contributed by atoms with E-state index in [0.717, 1.165) is 32.1 Å². The monoisotopic (exact) mass is 916 g/mol. The highest BCUT2D eigenvalue weighted by Gasteiger charge is 2.20. The number of nitrogens with one attached hydrogen (secondary N) is 1. The lowest BCUT2D eigenvalue weighted by Gasteiger charge is -2.21. The van der Waals surface area contributed by atoms with E-state index in [2.05, 4.69) is 31.3 Å². The van der Waals surface area contributed by atoms with Gasteiger partial charge < -0.3 is 20.6 Å². The van der Waals surface area contributed by atoms with Crippen molar-refractivity contribution in [2.24, 2.45) is 0 Å². The van der Waals surface area contributed by atoms with Gasteiger partial charge in [-0.3, -0.25) is 4.79 Å². The average Bonchev–Trinajstić information content (AvgIpc) is 3.30. The molecule has 5 nitrogen and oxygen atoms in total. The van der Waals surface area contributed by atoms with E-state index in [1.54, 1.807) is 6.08 Å². The van der Waals surface area contributed by atoms with Gasteiger partial charge in [0.05, 0.1) is 31.3 Å². The highest BCUT2D eigenvalue weighted by molar-refractivity contribution is 5.76. The van der Waals surface area contributed by atoms with Crippen molar-refractivity contribution in [3.05, 3.63) is 24.3 Å². The zero-order chi connectivity index (χ0) is 47.2. The molecule has 4 N–H and O–H groups in total. The number of hydrogen-bond acceptors (Lipinski definition) is 4. The van der Waals surface area contributed by atoms with E-state index in [1.807, 2.05) is 6.08 Å². The molecule has 0 rings (SSSR count). The minimum atomic E-state index is -0.950. The molecular weight excluding hydrogens is 799 g/mol. The van der Waals surface area contributed by atoms with Crippen LogP contribution in [0.2, 0.25) is 0 Å². The molecule has 3 unspecified atom stereocenters. The van der Waals surface area contributed by atoms with Crippen LogP contribution in [0.15, 0.2) is 24.3 Å². The van der Waals surface area contributed by atoms with Gasteiger partial charge in [0.2, 0.25) is 5.91 Å². The Balaban J connectivity index is 3.49. The zero-order valence-corrected chi connectivity index (χ0v) is 44.1. The zero-order valence-electron chi connectivity index (χ0n) is 44.1. The Morgan fingerprint density at radius 2 is 0.662 bits per heavy atom. The first kappa shape index (κ1) is 63.8. The Kier molecular flexibility index (Phi) is 54.4. The molecule has 65 heavy (non-hydrogen) atoms. The Labute approximate surface area is 407 Å². The van der Waals surface area contributed by atoms with E-state index in [0.29, 0.717) is 6.42 Å². The molecule has 0 saturated carbocycles. The lowest BCUT2D eigenvalue weighted by atomic mass is 10.0. The summed E-state index contributed by atoms with van der Waals surface area (Å²) in [6.07, 6.45) is 71.1. The largest absolute Gasteiger partial charge is 0.394 e. The maximum Gasteiger partial charge on any atom is 0.222 e. The van der Waals surface area contributed by atoms with Gasteiger partial charge in [0.25, 0.3) is 0 Å². The van der Waals surface area contributed by atoms with Crippen molar-refractivity contribution in [1.82, 2.24) is 5.32 Å². The molecule has 0 aromatic heterocycles. The summed E-state index contributed by atoms with van der Waals surface area (Å²) in [4.78, 5) is 12.5. The first-order valence-electron chi connectivity index (χ1n) is 29.6. The summed E-state index contributed by atoms with van der Waals surface area (Å²) in [6, 6.07) is -0.759. The van der Waals surface area contributed by atoms with Crippen LogP contribution in [0.1, 0.15) is 328 Å². The summed E-state index contributed by atoms with van der Waals surface area (Å²) in [5.41, 5.74) is 0. The fraction of sp³-hybridized carbons (Fsp3) is 0.917. The molecule has 0 bridgehead atoms. The van der Waals surface area contributed by atoms with Crippen LogP contribution < -0.4 is 5.32 Å². The minimum absolute atomic E-state index is 0.0104. The summed E-state index contributed by atoms with van der Waals surface area (Å²) in [5.74, 6) is -0.319. The first-order chi connectivity index (χ1) is 32.0. The van der Waals surface area contributed by atoms with Crippen LogP contribution in [0.3, 0.4) is 0 Å². The number of aliphatic hydroxyl groups is 3. The van der Waals surface area contributed by atoms with Crippen LogP contribution in [0.25, 0.3) is 0 Å². The van der Waals surface area contributed by atoms with Gasteiger partial charge in [-0.2, -0.15) is 0 Å². The van der Waals surface area contributed by atoms with Crippen molar-refractivity contribution < 1.29 is 20.1 Å². The van der Waals surface area contributed by atoms with Crippen LogP contribution in [-0.2, 0) is 4.79 Å². The Morgan fingerprint density at radius 3 is 0.985 bits per heavy atom. The number of carbonyl (C=O) groups excluding carboxylic acids is 1. The molecule has 0 fully saturated rings. The van der Waals surface area contributed by atoms with E-state index >= 15 is 0 Å². The minimum Gasteiger partial charge on any atom is -0.394 e. The summed E-state index contributed by atoms with van der Waals surface area (Å²) < 4.78 is 0. The third-order valence-corrected chi connectivity index (χ3v) is 14.0. The van der Waals surface area contributed by atoms with Crippen LogP contribution in [0.4, 0.5) is 0 Å². The van der Waals surface area contributed by atoms with Gasteiger partial charge in [-0.05, 0) is 32.1 Å². The van der Waals surface area contributed by atoms with Gasteiger partial charge in [0.1, 0.15) is 0 Å². The molecule has 0 heterocycles. The number of unbranched alkanes of at least 4 members (excludes halogenated alkanes) is 44. The Hall–Kier alpha value is -1.17. The summed E-state index contributed by atoms with van der Waals surface area (Å²) in [7, 11) is 0. The maximum atomic E-state index is 12.5. The SMILES string of the molecule is CCCCCCCCCCCCC/C=C/CC/C=C/C(O)C(CO)NC(=O)CC(O)CCCCCCCCCCCCCCCCCCCCCCCCCCCCCCCCCCC. The fourth-order valence-corrected chi connectivity index (χ4v) is 9.48. The van der Waals surface area contributed by atoms with Gasteiger partial charge in [0.15, 0.2) is 0 Å². The number of carbonyl (C=O) groups is 1. The van der Waals surface area contributed by atoms with Crippen molar-refractivity contribution in [1.29, 1.82) is 0 Å². The summed E-state index contributed by atoms with van der Waals surface area (Å²) >= 11 is 0. The van der Waals surface area contributed by atoms with Crippen LogP contribution in [-0.4, -0.2) is 46.1 Å². The molecule has 0 spiro atoms. The molecule has 0 radical (unpaired) electrons. The predicted octanol–water partition coefficient (Wildman–Crippen LogP) is 18.5. The maximum absolute atomic E-state index is 12.5. The van der Waals surface area contributed by atoms with Crippen LogP contribution >= 0.6 is 0 Å². The third kappa shape index (κ3) is 52.1. The van der Waals surface area contributed by atoms with Crippen molar-refractivity contribution in [2.75, 3.05) is 6.61 Å². The molecule has 0 aliphatic rings. The van der Waals surface area contributed by atoms with E-state index in [1.165, 1.54) is 270 Å². The molecule has 0 aliphatic heterocycles. The Morgan fingerprint density at radius 1 is 0.385 bits per heavy atom. The lowest BCUT2D eigenvalue weighted by Crippen LogP contribution is -2.45. The molecular formula is C60H117NO4. The number of amides is 1. The highest BCUT2D eigenvalue weighted by Crippen LogP contribution is 2.18. The molecule has 386 valence electrons. The van der Waals surface area contributed by atoms with Gasteiger partial charge in [0, 0.05) is 0 Å². The van der Waals surface area contributed by atoms with Crippen molar-refractivity contribution in [2.45, 2.75) is 347 Å². The molecule has 0 aromatic carbocycles. The third-order valence-electron chi connectivity index (χ3n) is 14.0. The number of rotatable bonds is 55. The first-order valence-corrected chi connectivity index (χ1v) is 29.6. The van der Waals surface area contributed by atoms with Gasteiger partial charge in [-0.15, -0.1) is 0 Å². The quantitative estimate of drug-likeness (QED) is 0.0361. The molecule has 0 aliphatic carbocycles. The topological polar surface area (TPSA) is 89.8 Å². The van der Waals surface area contributed by atoms with Gasteiger partial charge in [-0.1, -0.05) is 314 Å². The fourth-order valence-electron chi connectivity index (χ4n) is 9.48. The smallest absolute Gasteiger partial charge is 0.222 e. The van der Waals surface area contributed by atoms with Crippen LogP contribution in [0.5, 0.6) is 0 Å². The number of allylic oxidation sites excluding steroid dienone is 3. The normalized spacial score (nSPS) is 13.4.